The lowest BCUT2D eigenvalue weighted by atomic mass is 10.1. The van der Waals surface area contributed by atoms with Gasteiger partial charge >= 0.3 is 0 Å². The molecule has 0 bridgehead atoms. The molecule has 2 heterocycles. The van der Waals surface area contributed by atoms with Crippen LogP contribution in [0, 0.1) is 6.92 Å². The van der Waals surface area contributed by atoms with Gasteiger partial charge in [0.15, 0.2) is 5.69 Å². The van der Waals surface area contributed by atoms with Crippen molar-refractivity contribution in [1.82, 2.24) is 20.4 Å². The molecule has 2 aromatic rings. The van der Waals surface area contributed by atoms with Crippen LogP contribution in [0.15, 0.2) is 18.2 Å². The molecule has 0 unspecified atom stereocenters. The predicted octanol–water partition coefficient (Wildman–Crippen LogP) is 2.24. The highest BCUT2D eigenvalue weighted by Crippen LogP contribution is 2.23. The molecule has 118 valence electrons. The van der Waals surface area contributed by atoms with Crippen LogP contribution in [0.1, 0.15) is 42.2 Å². The Labute approximate surface area is 131 Å². The number of rotatable bonds is 4. The maximum absolute atomic E-state index is 12.7. The van der Waals surface area contributed by atoms with Crippen LogP contribution >= 0.6 is 0 Å². The molecule has 1 aromatic carbocycles. The molecule has 1 fully saturated rings. The van der Waals surface area contributed by atoms with Gasteiger partial charge in [-0.1, -0.05) is 19.1 Å². The lowest BCUT2D eigenvalue weighted by molar-refractivity contribution is 0.0925. The summed E-state index contributed by atoms with van der Waals surface area (Å²) in [6.45, 7) is 6.93. The van der Waals surface area contributed by atoms with Gasteiger partial charge in [-0.25, -0.2) is 0 Å². The zero-order valence-corrected chi connectivity index (χ0v) is 13.4. The number of nitrogens with one attached hydrogen (secondary N) is 2. The third-order valence-corrected chi connectivity index (χ3v) is 4.31. The van der Waals surface area contributed by atoms with Gasteiger partial charge in [0.05, 0.1) is 5.52 Å². The van der Waals surface area contributed by atoms with Crippen LogP contribution in [0.5, 0.6) is 0 Å². The van der Waals surface area contributed by atoms with Crippen LogP contribution in [0.4, 0.5) is 0 Å². The number of carbonyl (C=O) groups is 1. The lowest BCUT2D eigenvalue weighted by Gasteiger charge is -2.23. The first kappa shape index (κ1) is 15.0. The molecule has 0 aliphatic carbocycles. The van der Waals surface area contributed by atoms with E-state index in [0.717, 1.165) is 55.4 Å². The summed E-state index contributed by atoms with van der Waals surface area (Å²) in [4.78, 5) is 12.7. The van der Waals surface area contributed by atoms with Gasteiger partial charge in [0.25, 0.3) is 5.91 Å². The summed E-state index contributed by atoms with van der Waals surface area (Å²) in [5, 5.41) is 12.1. The van der Waals surface area contributed by atoms with Crippen LogP contribution in [-0.4, -0.2) is 34.8 Å². The molecule has 1 amide bonds. The Balaban J connectivity index is 1.93. The number of benzene rings is 1. The van der Waals surface area contributed by atoms with E-state index >= 15 is 0 Å². The molecule has 5 heteroatoms. The third kappa shape index (κ3) is 2.86. The van der Waals surface area contributed by atoms with E-state index in [9.17, 15) is 4.79 Å². The number of nitrogens with zero attached hydrogens (tertiary/aromatic N) is 2. The topological polar surface area (TPSA) is 59.0 Å². The third-order valence-electron chi connectivity index (χ3n) is 4.31. The molecule has 2 N–H and O–H groups in total. The van der Waals surface area contributed by atoms with Gasteiger partial charge in [0, 0.05) is 18.0 Å². The highest BCUT2D eigenvalue weighted by Gasteiger charge is 2.22. The first-order valence-corrected chi connectivity index (χ1v) is 8.18. The van der Waals surface area contributed by atoms with E-state index in [-0.39, 0.29) is 11.9 Å². The minimum absolute atomic E-state index is 0.0407. The van der Waals surface area contributed by atoms with Crippen LogP contribution in [0.3, 0.4) is 0 Å². The smallest absolute Gasteiger partial charge is 0.272 e. The van der Waals surface area contributed by atoms with Crippen molar-refractivity contribution in [3.8, 4) is 0 Å². The fourth-order valence-electron chi connectivity index (χ4n) is 3.16. The van der Waals surface area contributed by atoms with E-state index in [2.05, 4.69) is 22.7 Å². The van der Waals surface area contributed by atoms with Crippen molar-refractivity contribution in [2.75, 3.05) is 13.1 Å². The van der Waals surface area contributed by atoms with Crippen molar-refractivity contribution in [3.63, 3.8) is 0 Å². The van der Waals surface area contributed by atoms with Gasteiger partial charge in [-0.2, -0.15) is 5.10 Å². The van der Waals surface area contributed by atoms with Crippen molar-refractivity contribution in [2.24, 2.45) is 0 Å². The van der Waals surface area contributed by atoms with E-state index in [1.807, 2.05) is 29.8 Å². The van der Waals surface area contributed by atoms with Gasteiger partial charge in [-0.05, 0) is 50.9 Å². The van der Waals surface area contributed by atoms with E-state index in [1.54, 1.807) is 0 Å². The average Bonchev–Trinajstić information content (AvgIpc) is 2.89. The highest BCUT2D eigenvalue weighted by molar-refractivity contribution is 6.06. The van der Waals surface area contributed by atoms with Crippen molar-refractivity contribution in [2.45, 2.75) is 45.7 Å². The molecule has 3 rings (SSSR count). The number of hydrogen-bond donors (Lipinski definition) is 2. The highest BCUT2D eigenvalue weighted by atomic mass is 16.2. The zero-order valence-electron chi connectivity index (χ0n) is 13.4. The number of aryl methyl sites for hydroxylation is 2. The summed E-state index contributed by atoms with van der Waals surface area (Å²) in [5.74, 6) is -0.0407. The maximum atomic E-state index is 12.7. The van der Waals surface area contributed by atoms with Crippen molar-refractivity contribution < 1.29 is 4.79 Å². The number of aromatic nitrogens is 2. The molecule has 1 aromatic heterocycles. The Morgan fingerprint density at radius 1 is 1.41 bits per heavy atom. The van der Waals surface area contributed by atoms with E-state index in [4.69, 9.17) is 0 Å². The lowest BCUT2D eigenvalue weighted by Crippen LogP contribution is -2.42. The summed E-state index contributed by atoms with van der Waals surface area (Å²) < 4.78 is 1.96. The monoisotopic (exact) mass is 300 g/mol. The zero-order chi connectivity index (χ0) is 15.5. The molecule has 1 aliphatic rings. The van der Waals surface area contributed by atoms with Crippen LogP contribution in [0.25, 0.3) is 10.9 Å². The Morgan fingerprint density at radius 2 is 2.18 bits per heavy atom. The number of amides is 1. The first-order valence-electron chi connectivity index (χ1n) is 8.18. The van der Waals surface area contributed by atoms with Gasteiger partial charge in [0.1, 0.15) is 0 Å². The van der Waals surface area contributed by atoms with Crippen molar-refractivity contribution in [1.29, 1.82) is 0 Å². The largest absolute Gasteiger partial charge is 0.348 e. The fraction of sp³-hybridized carbons (Fsp3) is 0.529. The molecular formula is C17H24N4O. The normalized spacial score (nSPS) is 16.1. The quantitative estimate of drug-likeness (QED) is 0.910. The predicted molar refractivity (Wildman–Crippen MR) is 88.1 cm³/mol. The molecule has 0 spiro atoms. The number of fused-ring (bicyclic) bond motifs is 1. The summed E-state index contributed by atoms with van der Waals surface area (Å²) in [6.07, 6.45) is 2.97. The summed E-state index contributed by atoms with van der Waals surface area (Å²) in [6, 6.07) is 6.37. The Bertz CT molecular complexity index is 671. The van der Waals surface area contributed by atoms with Gasteiger partial charge < -0.3 is 10.6 Å². The number of piperidine rings is 1. The Hall–Kier alpha value is -1.88. The van der Waals surface area contributed by atoms with Crippen LogP contribution in [-0.2, 0) is 6.54 Å². The molecule has 22 heavy (non-hydrogen) atoms. The van der Waals surface area contributed by atoms with E-state index in [0.29, 0.717) is 5.69 Å². The van der Waals surface area contributed by atoms with Crippen molar-refractivity contribution in [3.05, 3.63) is 29.5 Å². The SMILES string of the molecule is CCCn1nc(C(=O)NC2CCNCC2)c2c(C)cccc21. The van der Waals surface area contributed by atoms with Crippen LogP contribution < -0.4 is 10.6 Å². The molecule has 1 saturated heterocycles. The number of hydrogen-bond acceptors (Lipinski definition) is 3. The minimum Gasteiger partial charge on any atom is -0.348 e. The molecule has 0 atom stereocenters. The molecule has 1 aliphatic heterocycles. The first-order chi connectivity index (χ1) is 10.7. The van der Waals surface area contributed by atoms with Crippen molar-refractivity contribution >= 4 is 16.8 Å². The van der Waals surface area contributed by atoms with Crippen LogP contribution in [0.2, 0.25) is 0 Å². The second-order valence-electron chi connectivity index (χ2n) is 6.04. The fourth-order valence-corrected chi connectivity index (χ4v) is 3.16. The van der Waals surface area contributed by atoms with E-state index in [1.165, 1.54) is 0 Å². The molecular weight excluding hydrogens is 276 g/mol. The molecule has 0 saturated carbocycles. The summed E-state index contributed by atoms with van der Waals surface area (Å²) in [5.41, 5.74) is 2.73. The van der Waals surface area contributed by atoms with Gasteiger partial charge in [-0.15, -0.1) is 0 Å². The summed E-state index contributed by atoms with van der Waals surface area (Å²) >= 11 is 0. The Morgan fingerprint density at radius 3 is 2.91 bits per heavy atom. The molecule has 0 radical (unpaired) electrons. The number of carbonyl (C=O) groups excluding carboxylic acids is 1. The second-order valence-corrected chi connectivity index (χ2v) is 6.04. The molecule has 5 nitrogen and oxygen atoms in total. The van der Waals surface area contributed by atoms with Gasteiger partial charge in [0.2, 0.25) is 0 Å². The summed E-state index contributed by atoms with van der Waals surface area (Å²) in [7, 11) is 0. The Kier molecular flexibility index (Phi) is 4.43. The maximum Gasteiger partial charge on any atom is 0.272 e. The van der Waals surface area contributed by atoms with Gasteiger partial charge in [-0.3, -0.25) is 9.48 Å². The standard InChI is InChI=1S/C17H24N4O/c1-3-11-21-14-6-4-5-12(2)15(14)16(20-21)17(22)19-13-7-9-18-10-8-13/h4-6,13,18H,3,7-11H2,1-2H3,(H,19,22). The van der Waals surface area contributed by atoms with E-state index < -0.39 is 0 Å². The second kappa shape index (κ2) is 6.48. The average molecular weight is 300 g/mol. The minimum atomic E-state index is -0.0407.